The number of carbonyl (C=O) groups is 2. The second-order valence-electron chi connectivity index (χ2n) is 4.76. The largest absolute Gasteiger partial charge is 0.507 e. The van der Waals surface area contributed by atoms with Crippen LogP contribution in [-0.4, -0.2) is 21.4 Å². The number of amides is 2. The number of carbonyl (C=O) groups excluding carboxylic acids is 2. The molecular formula is C14H10ClFN2O3. The highest BCUT2D eigenvalue weighted by molar-refractivity contribution is 6.23. The van der Waals surface area contributed by atoms with E-state index in [1.165, 1.54) is 36.4 Å². The van der Waals surface area contributed by atoms with Crippen molar-refractivity contribution < 1.29 is 19.1 Å². The van der Waals surface area contributed by atoms with Crippen LogP contribution in [0.2, 0.25) is 0 Å². The van der Waals surface area contributed by atoms with Crippen LogP contribution in [0.3, 0.4) is 0 Å². The van der Waals surface area contributed by atoms with E-state index in [1.807, 2.05) is 0 Å². The molecule has 3 rings (SSSR count). The number of phenolic OH excluding ortho intramolecular Hbond substituents is 1. The van der Waals surface area contributed by atoms with Gasteiger partial charge in [0, 0.05) is 11.8 Å². The molecule has 0 saturated carbocycles. The number of nitrogens with zero attached hydrogens (tertiary/aromatic N) is 1. The van der Waals surface area contributed by atoms with Crippen LogP contribution < -0.4 is 5.43 Å². The summed E-state index contributed by atoms with van der Waals surface area (Å²) in [5.74, 6) is -3.28. The topological polar surface area (TPSA) is 69.6 Å². The quantitative estimate of drug-likeness (QED) is 0.777. The number of hydrogen-bond donors (Lipinski definition) is 2. The lowest BCUT2D eigenvalue weighted by Gasteiger charge is -2.32. The Morgan fingerprint density at radius 2 is 2.05 bits per heavy atom. The van der Waals surface area contributed by atoms with E-state index < -0.39 is 29.5 Å². The van der Waals surface area contributed by atoms with Crippen LogP contribution in [0.25, 0.3) is 5.57 Å². The van der Waals surface area contributed by atoms with Crippen LogP contribution in [-0.2, 0) is 9.59 Å². The first-order valence-corrected chi connectivity index (χ1v) is 6.51. The van der Waals surface area contributed by atoms with E-state index in [4.69, 9.17) is 11.8 Å². The van der Waals surface area contributed by atoms with Crippen LogP contribution in [0.15, 0.2) is 36.4 Å². The standard InChI is InChI=1S/C14H10ClFN2O3/c15-18-14(21)8-5-4-7(6-9(8)13(20)17-18)12-10(16)2-1-3-11(12)19/h1-6,8-9,19H,(H,17,20). The second-order valence-corrected chi connectivity index (χ2v) is 5.10. The number of nitrogens with one attached hydrogen (secondary N) is 1. The molecule has 108 valence electrons. The van der Waals surface area contributed by atoms with Crippen LogP contribution in [0.5, 0.6) is 5.75 Å². The number of hydrogen-bond acceptors (Lipinski definition) is 3. The third-order valence-corrected chi connectivity index (χ3v) is 3.75. The average Bonchev–Trinajstić information content (AvgIpc) is 2.45. The summed E-state index contributed by atoms with van der Waals surface area (Å²) in [6, 6.07) is 3.94. The van der Waals surface area contributed by atoms with Gasteiger partial charge in [0.25, 0.3) is 5.91 Å². The minimum Gasteiger partial charge on any atom is -0.507 e. The molecule has 7 heteroatoms. The van der Waals surface area contributed by atoms with Crippen molar-refractivity contribution in [3.8, 4) is 5.75 Å². The van der Waals surface area contributed by atoms with Gasteiger partial charge in [0.15, 0.2) is 0 Å². The molecule has 1 aromatic rings. The first-order valence-electron chi connectivity index (χ1n) is 6.17. The molecule has 21 heavy (non-hydrogen) atoms. The Bertz CT molecular complexity index is 681. The molecule has 2 N–H and O–H groups in total. The van der Waals surface area contributed by atoms with Gasteiger partial charge in [-0.25, -0.2) is 9.82 Å². The average molecular weight is 309 g/mol. The van der Waals surface area contributed by atoms with E-state index in [0.717, 1.165) is 0 Å². The molecule has 1 aliphatic carbocycles. The van der Waals surface area contributed by atoms with Gasteiger partial charge in [-0.1, -0.05) is 24.3 Å². The number of aromatic hydroxyl groups is 1. The van der Waals surface area contributed by atoms with Crippen LogP contribution >= 0.6 is 11.8 Å². The lowest BCUT2D eigenvalue weighted by molar-refractivity contribution is -0.147. The Kier molecular flexibility index (Phi) is 3.17. The summed E-state index contributed by atoms with van der Waals surface area (Å²) in [6.45, 7) is 0. The molecule has 1 saturated heterocycles. The van der Waals surface area contributed by atoms with Crippen molar-refractivity contribution in [1.82, 2.24) is 9.95 Å². The van der Waals surface area contributed by atoms with Gasteiger partial charge in [-0.15, -0.1) is 0 Å². The lowest BCUT2D eigenvalue weighted by atomic mass is 9.82. The molecule has 1 heterocycles. The predicted molar refractivity (Wildman–Crippen MR) is 73.0 cm³/mol. The minimum absolute atomic E-state index is 0.000696. The minimum atomic E-state index is -0.786. The van der Waals surface area contributed by atoms with Crippen molar-refractivity contribution in [2.45, 2.75) is 0 Å². The maximum atomic E-state index is 13.9. The Balaban J connectivity index is 2.03. The lowest BCUT2D eigenvalue weighted by Crippen LogP contribution is -2.54. The molecule has 0 spiro atoms. The van der Waals surface area contributed by atoms with Gasteiger partial charge in [0.1, 0.15) is 11.6 Å². The van der Waals surface area contributed by atoms with Crippen molar-refractivity contribution in [1.29, 1.82) is 0 Å². The fourth-order valence-corrected chi connectivity index (χ4v) is 2.67. The zero-order valence-corrected chi connectivity index (χ0v) is 11.3. The number of halogens is 2. The van der Waals surface area contributed by atoms with Crippen molar-refractivity contribution in [3.05, 3.63) is 47.8 Å². The van der Waals surface area contributed by atoms with E-state index >= 15 is 0 Å². The Morgan fingerprint density at radius 1 is 1.29 bits per heavy atom. The normalized spacial score (nSPS) is 24.5. The summed E-state index contributed by atoms with van der Waals surface area (Å²) < 4.78 is 14.5. The molecule has 2 aliphatic rings. The van der Waals surface area contributed by atoms with E-state index in [1.54, 1.807) is 0 Å². The fourth-order valence-electron chi connectivity index (χ4n) is 2.48. The molecule has 1 aliphatic heterocycles. The van der Waals surface area contributed by atoms with Gasteiger partial charge in [0.2, 0.25) is 5.91 Å². The molecule has 2 unspecified atom stereocenters. The summed E-state index contributed by atoms with van der Waals surface area (Å²) in [6.07, 6.45) is 4.45. The predicted octanol–water partition coefficient (Wildman–Crippen LogP) is 1.74. The third-order valence-electron chi connectivity index (χ3n) is 3.50. The van der Waals surface area contributed by atoms with Crippen LogP contribution in [0, 0.1) is 17.7 Å². The van der Waals surface area contributed by atoms with E-state index in [-0.39, 0.29) is 11.3 Å². The van der Waals surface area contributed by atoms with Gasteiger partial charge < -0.3 is 5.11 Å². The maximum Gasteiger partial charge on any atom is 0.264 e. The molecule has 0 radical (unpaired) electrons. The van der Waals surface area contributed by atoms with E-state index in [2.05, 4.69) is 5.43 Å². The molecular weight excluding hydrogens is 299 g/mol. The number of allylic oxidation sites excluding steroid dienone is 2. The molecule has 2 atom stereocenters. The molecule has 0 bridgehead atoms. The highest BCUT2D eigenvalue weighted by Crippen LogP contribution is 2.36. The summed E-state index contributed by atoms with van der Waals surface area (Å²) in [5.41, 5.74) is 2.55. The number of hydrazine groups is 1. The van der Waals surface area contributed by atoms with Gasteiger partial charge in [-0.05, 0) is 17.7 Å². The Hall–Kier alpha value is -2.34. The van der Waals surface area contributed by atoms with Crippen molar-refractivity contribution >= 4 is 29.2 Å². The second kappa shape index (κ2) is 4.89. The molecule has 2 amide bonds. The van der Waals surface area contributed by atoms with Gasteiger partial charge in [0.05, 0.1) is 17.4 Å². The maximum absolute atomic E-state index is 13.9. The highest BCUT2D eigenvalue weighted by Gasteiger charge is 2.41. The Labute approximate surface area is 124 Å². The number of benzene rings is 1. The first kappa shape index (κ1) is 13.6. The van der Waals surface area contributed by atoms with E-state index in [0.29, 0.717) is 10.1 Å². The zero-order valence-electron chi connectivity index (χ0n) is 10.6. The fraction of sp³-hybridized carbons (Fsp3) is 0.143. The third kappa shape index (κ3) is 2.17. The summed E-state index contributed by atoms with van der Waals surface area (Å²) in [5, 5.41) is 9.79. The SMILES string of the molecule is O=C1NN(Cl)C(=O)C2C=CC(c3c(O)cccc3F)=CC12. The van der Waals surface area contributed by atoms with Crippen molar-refractivity contribution in [3.63, 3.8) is 0 Å². The van der Waals surface area contributed by atoms with Crippen LogP contribution in [0.1, 0.15) is 5.56 Å². The summed E-state index contributed by atoms with van der Waals surface area (Å²) >= 11 is 5.58. The van der Waals surface area contributed by atoms with Crippen LogP contribution in [0.4, 0.5) is 4.39 Å². The van der Waals surface area contributed by atoms with Crippen molar-refractivity contribution in [2.24, 2.45) is 11.8 Å². The summed E-state index contributed by atoms with van der Waals surface area (Å²) in [7, 11) is 0. The van der Waals surface area contributed by atoms with E-state index in [9.17, 15) is 19.1 Å². The zero-order chi connectivity index (χ0) is 15.1. The van der Waals surface area contributed by atoms with Gasteiger partial charge >= 0.3 is 0 Å². The van der Waals surface area contributed by atoms with Gasteiger partial charge in [-0.2, -0.15) is 4.53 Å². The van der Waals surface area contributed by atoms with Crippen molar-refractivity contribution in [2.75, 3.05) is 0 Å². The molecule has 0 aromatic heterocycles. The molecule has 5 nitrogen and oxygen atoms in total. The molecule has 1 fully saturated rings. The first-order chi connectivity index (χ1) is 9.99. The smallest absolute Gasteiger partial charge is 0.264 e. The summed E-state index contributed by atoms with van der Waals surface area (Å²) in [4.78, 5) is 23.8. The number of fused-ring (bicyclic) bond motifs is 1. The highest BCUT2D eigenvalue weighted by atomic mass is 35.5. The number of rotatable bonds is 1. The van der Waals surface area contributed by atoms with Gasteiger partial charge in [-0.3, -0.25) is 9.59 Å². The number of phenols is 1. The molecule has 1 aromatic carbocycles. The Morgan fingerprint density at radius 3 is 2.76 bits per heavy atom. The monoisotopic (exact) mass is 308 g/mol.